The summed E-state index contributed by atoms with van der Waals surface area (Å²) in [4.78, 5) is 42.5. The molecule has 10 heteroatoms. The largest absolute Gasteiger partial charge is 0.497 e. The average molecular weight is 555 g/mol. The number of benzene rings is 1. The number of hydrogen-bond acceptors (Lipinski definition) is 6. The van der Waals surface area contributed by atoms with Crippen molar-refractivity contribution in [1.29, 1.82) is 0 Å². The number of aliphatic hydroxyl groups is 1. The number of hydrogen-bond donors (Lipinski definition) is 3. The summed E-state index contributed by atoms with van der Waals surface area (Å²) in [5.74, 6) is -1.07. The minimum absolute atomic E-state index is 0.0179. The molecule has 0 radical (unpaired) electrons. The van der Waals surface area contributed by atoms with Crippen LogP contribution < -0.4 is 15.4 Å². The second-order valence-electron chi connectivity index (χ2n) is 9.16. The molecular weight excluding hydrogens is 522 g/mol. The molecule has 0 aromatic heterocycles. The quantitative estimate of drug-likeness (QED) is 0.405. The van der Waals surface area contributed by atoms with Crippen molar-refractivity contribution in [2.24, 2.45) is 11.8 Å². The van der Waals surface area contributed by atoms with Gasteiger partial charge in [0.05, 0.1) is 36.3 Å². The van der Waals surface area contributed by atoms with Crippen molar-refractivity contribution < 1.29 is 24.2 Å². The van der Waals surface area contributed by atoms with Gasteiger partial charge in [-0.2, -0.15) is 0 Å². The average Bonchev–Trinajstić information content (AvgIpc) is 3.42. The molecule has 186 valence electrons. The highest BCUT2D eigenvalue weighted by molar-refractivity contribution is 9.09. The van der Waals surface area contributed by atoms with Gasteiger partial charge in [-0.1, -0.05) is 29.8 Å². The van der Waals surface area contributed by atoms with Crippen molar-refractivity contribution in [2.75, 3.05) is 25.6 Å². The number of ether oxygens (including phenoxy) is 1. The molecule has 7 atom stereocenters. The molecule has 3 aliphatic heterocycles. The van der Waals surface area contributed by atoms with E-state index in [9.17, 15) is 19.5 Å². The zero-order chi connectivity index (χ0) is 24.6. The smallest absolute Gasteiger partial charge is 0.248 e. The van der Waals surface area contributed by atoms with E-state index in [-0.39, 0.29) is 34.4 Å². The Morgan fingerprint density at radius 3 is 2.59 bits per heavy atom. The first-order chi connectivity index (χ1) is 16.3. The van der Waals surface area contributed by atoms with E-state index in [1.54, 1.807) is 48.0 Å². The van der Waals surface area contributed by atoms with Gasteiger partial charge in [-0.15, -0.1) is 11.8 Å². The van der Waals surface area contributed by atoms with Crippen LogP contribution in [-0.2, 0) is 14.4 Å². The number of anilines is 1. The molecule has 1 aromatic carbocycles. The predicted octanol–water partition coefficient (Wildman–Crippen LogP) is 2.40. The van der Waals surface area contributed by atoms with Crippen LogP contribution in [0.25, 0.3) is 0 Å². The Balaban J connectivity index is 1.71. The molecule has 0 aliphatic carbocycles. The highest BCUT2D eigenvalue weighted by Gasteiger charge is 2.76. The Labute approximate surface area is 212 Å². The lowest BCUT2D eigenvalue weighted by Gasteiger charge is -2.37. The summed E-state index contributed by atoms with van der Waals surface area (Å²) >= 11 is 5.34. The molecule has 8 nitrogen and oxygen atoms in total. The fourth-order valence-corrected chi connectivity index (χ4v) is 9.32. The topological polar surface area (TPSA) is 108 Å². The van der Waals surface area contributed by atoms with Crippen LogP contribution in [0.4, 0.5) is 5.69 Å². The van der Waals surface area contributed by atoms with Gasteiger partial charge in [-0.05, 0) is 43.5 Å². The van der Waals surface area contributed by atoms with E-state index in [0.29, 0.717) is 30.8 Å². The van der Waals surface area contributed by atoms with Crippen molar-refractivity contribution in [3.63, 3.8) is 0 Å². The highest BCUT2D eigenvalue weighted by Crippen LogP contribution is 2.68. The number of nitrogens with one attached hydrogen (secondary N) is 2. The lowest BCUT2D eigenvalue weighted by atomic mass is 9.70. The van der Waals surface area contributed by atoms with Gasteiger partial charge in [0.15, 0.2) is 0 Å². The molecule has 3 aliphatic rings. The maximum atomic E-state index is 13.9. The van der Waals surface area contributed by atoms with Crippen molar-refractivity contribution in [3.8, 4) is 5.75 Å². The zero-order valence-electron chi connectivity index (χ0n) is 19.6. The van der Waals surface area contributed by atoms with Crippen LogP contribution in [0.1, 0.15) is 33.1 Å². The first kappa shape index (κ1) is 25.3. The Morgan fingerprint density at radius 1 is 1.29 bits per heavy atom. The van der Waals surface area contributed by atoms with Gasteiger partial charge in [0.2, 0.25) is 17.7 Å². The maximum absolute atomic E-state index is 13.9. The number of rotatable bonds is 9. The molecular formula is C24H32BrN3O5S. The van der Waals surface area contributed by atoms with Gasteiger partial charge in [0.25, 0.3) is 0 Å². The molecule has 2 bridgehead atoms. The monoisotopic (exact) mass is 553 g/mol. The van der Waals surface area contributed by atoms with E-state index in [0.717, 1.165) is 6.42 Å². The van der Waals surface area contributed by atoms with Crippen LogP contribution in [0.5, 0.6) is 5.75 Å². The molecule has 3 heterocycles. The lowest BCUT2D eigenvalue weighted by Crippen LogP contribution is -2.55. The van der Waals surface area contributed by atoms with Crippen LogP contribution >= 0.6 is 27.7 Å². The van der Waals surface area contributed by atoms with Gasteiger partial charge >= 0.3 is 0 Å². The van der Waals surface area contributed by atoms with Gasteiger partial charge in [-0.25, -0.2) is 0 Å². The third-order valence-corrected chi connectivity index (χ3v) is 10.5. The number of likely N-dealkylation sites (tertiary alicyclic amines) is 1. The van der Waals surface area contributed by atoms with Crippen LogP contribution in [0.15, 0.2) is 24.3 Å². The Bertz CT molecular complexity index is 943. The number of methoxy groups -OCH3 is 1. The molecule has 3 fully saturated rings. The van der Waals surface area contributed by atoms with Crippen LogP contribution in [0.3, 0.4) is 0 Å². The number of aliphatic hydroxyl groups excluding tert-OH is 1. The van der Waals surface area contributed by atoms with Gasteiger partial charge in [-0.3, -0.25) is 14.4 Å². The van der Waals surface area contributed by atoms with Crippen LogP contribution in [0.2, 0.25) is 0 Å². The third kappa shape index (κ3) is 4.01. The number of carbonyl (C=O) groups is 3. The number of amides is 3. The van der Waals surface area contributed by atoms with E-state index >= 15 is 0 Å². The normalized spacial score (nSPS) is 32.4. The molecule has 3 unspecified atom stereocenters. The summed E-state index contributed by atoms with van der Waals surface area (Å²) in [6, 6.07) is 5.74. The van der Waals surface area contributed by atoms with E-state index in [4.69, 9.17) is 4.74 Å². The summed E-state index contributed by atoms with van der Waals surface area (Å²) in [5.41, 5.74) is 0.597. The molecule has 1 aromatic rings. The molecule has 3 N–H and O–H groups in total. The Hall–Kier alpha value is -1.78. The van der Waals surface area contributed by atoms with E-state index in [2.05, 4.69) is 26.6 Å². The minimum Gasteiger partial charge on any atom is -0.497 e. The van der Waals surface area contributed by atoms with E-state index < -0.39 is 28.7 Å². The molecule has 0 saturated carbocycles. The van der Waals surface area contributed by atoms with Crippen molar-refractivity contribution >= 4 is 51.1 Å². The highest BCUT2D eigenvalue weighted by atomic mass is 79.9. The minimum atomic E-state index is -0.789. The second-order valence-corrected chi connectivity index (χ2v) is 11.9. The number of thioether (sulfide) groups is 1. The predicted molar refractivity (Wildman–Crippen MR) is 135 cm³/mol. The molecule has 3 amide bonds. The van der Waals surface area contributed by atoms with Crippen molar-refractivity contribution in [3.05, 3.63) is 24.3 Å². The van der Waals surface area contributed by atoms with Crippen LogP contribution in [0, 0.1) is 11.8 Å². The van der Waals surface area contributed by atoms with Gasteiger partial charge < -0.3 is 25.4 Å². The number of alkyl halides is 1. The number of nitrogens with zero attached hydrogens (tertiary/aromatic N) is 1. The van der Waals surface area contributed by atoms with Crippen molar-refractivity contribution in [2.45, 2.75) is 60.0 Å². The third-order valence-electron chi connectivity index (χ3n) is 7.26. The maximum Gasteiger partial charge on any atom is 0.248 e. The standard InChI is InChI=1S/C24H32BrN3O5S/c1-4-10-26-21(30)17-18-23(32)28(14(5-2)12-29)20(24(18)11-16(25)19(17)34-24)22(31)27-13-6-8-15(33-3)9-7-13/h6-9,14,16-20,29H,4-5,10-12H2,1-3H3,(H,26,30)(H,27,31)/t14-,16?,17+,18-,19+,20?,24?/m0/s1. The zero-order valence-corrected chi connectivity index (χ0v) is 22.0. The fourth-order valence-electron chi connectivity index (χ4n) is 5.72. The SMILES string of the molecule is CCCNC(=O)[C@H]1[C@@H]2SC3(CC2Br)C(C(=O)Nc2ccc(OC)cc2)N([C@@H](CC)CO)C(=O)[C@H]13. The molecule has 4 rings (SSSR count). The summed E-state index contributed by atoms with van der Waals surface area (Å²) in [6.07, 6.45) is 1.92. The number of fused-ring (bicyclic) bond motifs is 1. The van der Waals surface area contributed by atoms with E-state index in [1.165, 1.54) is 0 Å². The number of halogens is 1. The number of carbonyl (C=O) groups excluding carboxylic acids is 3. The van der Waals surface area contributed by atoms with Crippen LogP contribution in [-0.4, -0.2) is 74.9 Å². The Morgan fingerprint density at radius 2 is 2.00 bits per heavy atom. The molecule has 1 spiro atoms. The van der Waals surface area contributed by atoms with Gasteiger partial charge in [0, 0.05) is 22.3 Å². The molecule has 34 heavy (non-hydrogen) atoms. The first-order valence-electron chi connectivity index (χ1n) is 11.8. The summed E-state index contributed by atoms with van der Waals surface area (Å²) in [6.45, 7) is 4.18. The first-order valence-corrected chi connectivity index (χ1v) is 13.6. The second kappa shape index (κ2) is 10.1. The van der Waals surface area contributed by atoms with Gasteiger partial charge in [0.1, 0.15) is 11.8 Å². The fraction of sp³-hybridized carbons (Fsp3) is 0.625. The molecule has 3 saturated heterocycles. The summed E-state index contributed by atoms with van der Waals surface area (Å²) in [7, 11) is 1.58. The summed E-state index contributed by atoms with van der Waals surface area (Å²) in [5, 5.41) is 15.9. The lowest BCUT2D eigenvalue weighted by molar-refractivity contribution is -0.142. The van der Waals surface area contributed by atoms with E-state index in [1.807, 2.05) is 13.8 Å². The Kier molecular flexibility index (Phi) is 7.50. The van der Waals surface area contributed by atoms with Crippen molar-refractivity contribution in [1.82, 2.24) is 10.2 Å². The summed E-state index contributed by atoms with van der Waals surface area (Å²) < 4.78 is 4.46.